The van der Waals surface area contributed by atoms with Crippen molar-refractivity contribution in [3.63, 3.8) is 0 Å². The molecule has 2 aromatic rings. The van der Waals surface area contributed by atoms with Gasteiger partial charge in [-0.15, -0.1) is 0 Å². The van der Waals surface area contributed by atoms with Crippen LogP contribution in [-0.4, -0.2) is 60.8 Å². The second-order valence-corrected chi connectivity index (χ2v) is 11.3. The van der Waals surface area contributed by atoms with Gasteiger partial charge in [0.25, 0.3) is 0 Å². The molecule has 0 aromatic heterocycles. The van der Waals surface area contributed by atoms with Gasteiger partial charge in [0.05, 0.1) is 5.94 Å². The van der Waals surface area contributed by atoms with Gasteiger partial charge in [-0.2, -0.15) is 0 Å². The fraction of sp³-hybridized carbons (Fsp3) is 0.484. The van der Waals surface area contributed by atoms with Crippen molar-refractivity contribution >= 4 is 35.6 Å². The van der Waals surface area contributed by atoms with Crippen LogP contribution in [0.1, 0.15) is 69.9 Å². The lowest BCUT2D eigenvalue weighted by molar-refractivity contribution is -0.254. The molecule has 42 heavy (non-hydrogen) atoms. The summed E-state index contributed by atoms with van der Waals surface area (Å²) in [5, 5.41) is 0. The van der Waals surface area contributed by atoms with Crippen LogP contribution in [-0.2, 0) is 59.6 Å². The maximum Gasteiger partial charge on any atom is 0.303 e. The molecule has 6 unspecified atom stereocenters. The van der Waals surface area contributed by atoms with E-state index in [0.717, 1.165) is 22.4 Å². The molecule has 2 aliphatic rings. The maximum atomic E-state index is 12.3. The third-order valence-corrected chi connectivity index (χ3v) is 8.21. The van der Waals surface area contributed by atoms with Crippen LogP contribution in [0, 0.1) is 0 Å². The quantitative estimate of drug-likeness (QED) is 0.317. The summed E-state index contributed by atoms with van der Waals surface area (Å²) >= 11 is 1.56. The van der Waals surface area contributed by atoms with Gasteiger partial charge in [-0.25, -0.2) is 0 Å². The molecule has 6 atom stereocenters. The third-order valence-electron chi connectivity index (χ3n) is 7.31. The highest BCUT2D eigenvalue weighted by Crippen LogP contribution is 2.46. The molecule has 0 aliphatic carbocycles. The molecule has 0 N–H and O–H groups in total. The number of carbonyl (C=O) groups is 4. The highest BCUT2D eigenvalue weighted by atomic mass is 32.2. The minimum atomic E-state index is -1.25. The molecule has 1 fully saturated rings. The number of esters is 4. The summed E-state index contributed by atoms with van der Waals surface area (Å²) < 4.78 is 34.8. The zero-order valence-electron chi connectivity index (χ0n) is 24.5. The van der Waals surface area contributed by atoms with Gasteiger partial charge in [-0.3, -0.25) is 19.2 Å². The first-order valence-corrected chi connectivity index (χ1v) is 14.7. The number of ether oxygens (including phenoxy) is 6. The van der Waals surface area contributed by atoms with Gasteiger partial charge in [0.15, 0.2) is 18.3 Å². The van der Waals surface area contributed by atoms with Crippen LogP contribution in [0.2, 0.25) is 0 Å². The number of hydrogen-bond acceptors (Lipinski definition) is 11. The van der Waals surface area contributed by atoms with Gasteiger partial charge >= 0.3 is 23.9 Å². The summed E-state index contributed by atoms with van der Waals surface area (Å²) in [6, 6.07) is 14.0. The highest BCUT2D eigenvalue weighted by Gasteiger charge is 2.53. The predicted molar refractivity (Wildman–Crippen MR) is 151 cm³/mol. The SMILES string of the molecule is CCc1ccc(C2(C)OCSc3ccc(C4OC(COC(C)=O)C(OC(C)=O)C(OC(C)=O)C4OC(C)=O)cc32)cc1. The van der Waals surface area contributed by atoms with E-state index in [-0.39, 0.29) is 6.61 Å². The van der Waals surface area contributed by atoms with Crippen molar-refractivity contribution < 1.29 is 47.6 Å². The van der Waals surface area contributed by atoms with E-state index in [1.54, 1.807) is 11.8 Å². The van der Waals surface area contributed by atoms with E-state index >= 15 is 0 Å². The summed E-state index contributed by atoms with van der Waals surface area (Å²) in [5.74, 6) is -2.13. The van der Waals surface area contributed by atoms with Crippen molar-refractivity contribution in [1.82, 2.24) is 0 Å². The monoisotopic (exact) mass is 600 g/mol. The molecule has 0 bridgehead atoms. The largest absolute Gasteiger partial charge is 0.463 e. The van der Waals surface area contributed by atoms with Crippen molar-refractivity contribution in [2.75, 3.05) is 12.5 Å². The first-order valence-electron chi connectivity index (χ1n) is 13.7. The molecule has 10 nitrogen and oxygen atoms in total. The lowest BCUT2D eigenvalue weighted by atomic mass is 9.84. The average molecular weight is 601 g/mol. The lowest BCUT2D eigenvalue weighted by Gasteiger charge is -2.45. The molecule has 11 heteroatoms. The Balaban J connectivity index is 1.82. The van der Waals surface area contributed by atoms with E-state index in [1.165, 1.54) is 33.3 Å². The maximum absolute atomic E-state index is 12.3. The fourth-order valence-corrected chi connectivity index (χ4v) is 6.30. The molecular formula is C31H36O10S. The van der Waals surface area contributed by atoms with Gasteiger partial charge in [0.2, 0.25) is 0 Å². The average Bonchev–Trinajstić information content (AvgIpc) is 2.93. The Bertz CT molecular complexity index is 1330. The summed E-state index contributed by atoms with van der Waals surface area (Å²) in [5.41, 5.74) is 2.88. The number of aryl methyl sites for hydroxylation is 1. The Kier molecular flexibility index (Phi) is 9.96. The van der Waals surface area contributed by atoms with Crippen molar-refractivity contribution in [2.24, 2.45) is 0 Å². The molecular weight excluding hydrogens is 564 g/mol. The molecule has 2 aromatic carbocycles. The zero-order valence-corrected chi connectivity index (χ0v) is 25.4. The van der Waals surface area contributed by atoms with Crippen LogP contribution in [0.25, 0.3) is 0 Å². The zero-order chi connectivity index (χ0) is 30.6. The second kappa shape index (κ2) is 13.3. The first-order chi connectivity index (χ1) is 19.9. The van der Waals surface area contributed by atoms with E-state index in [1.807, 2.05) is 25.1 Å². The van der Waals surface area contributed by atoms with Gasteiger partial charge < -0.3 is 28.4 Å². The standard InChI is InChI=1S/C31H36O10S/c1-7-21-8-11-23(12-9-21)31(6)24-14-22(10-13-26(24)42-16-37-31)27-29(39-19(4)34)30(40-20(5)35)28(38-18(3)33)25(41-27)15-36-17(2)32/h8-14,25,27-30H,7,15-16H2,1-6H3. The van der Waals surface area contributed by atoms with Crippen molar-refractivity contribution in [3.05, 3.63) is 64.7 Å². The molecule has 0 spiro atoms. The van der Waals surface area contributed by atoms with E-state index in [0.29, 0.717) is 11.5 Å². The Labute approximate surface area is 249 Å². The van der Waals surface area contributed by atoms with Crippen molar-refractivity contribution in [1.29, 1.82) is 0 Å². The number of hydrogen-bond donors (Lipinski definition) is 0. The number of fused-ring (bicyclic) bond motifs is 1. The van der Waals surface area contributed by atoms with Crippen LogP contribution in [0.3, 0.4) is 0 Å². The molecule has 2 heterocycles. The Morgan fingerprint density at radius 3 is 2.07 bits per heavy atom. The minimum absolute atomic E-state index is 0.292. The summed E-state index contributed by atoms with van der Waals surface area (Å²) in [7, 11) is 0. The Morgan fingerprint density at radius 1 is 0.857 bits per heavy atom. The van der Waals surface area contributed by atoms with E-state index in [9.17, 15) is 19.2 Å². The minimum Gasteiger partial charge on any atom is -0.463 e. The number of benzene rings is 2. The molecule has 4 rings (SSSR count). The second-order valence-electron chi connectivity index (χ2n) is 10.4. The summed E-state index contributed by atoms with van der Waals surface area (Å²) in [4.78, 5) is 49.3. The van der Waals surface area contributed by atoms with Gasteiger partial charge in [-0.1, -0.05) is 49.0 Å². The molecule has 226 valence electrons. The molecule has 0 amide bonds. The smallest absolute Gasteiger partial charge is 0.303 e. The highest BCUT2D eigenvalue weighted by molar-refractivity contribution is 7.99. The predicted octanol–water partition coefficient (Wildman–Crippen LogP) is 4.39. The van der Waals surface area contributed by atoms with Crippen LogP contribution in [0.5, 0.6) is 0 Å². The molecule has 0 radical (unpaired) electrons. The van der Waals surface area contributed by atoms with Crippen molar-refractivity contribution in [3.8, 4) is 0 Å². The fourth-order valence-electron chi connectivity index (χ4n) is 5.31. The molecule has 2 aliphatic heterocycles. The summed E-state index contributed by atoms with van der Waals surface area (Å²) in [6.45, 7) is 8.66. The molecule has 1 saturated heterocycles. The van der Waals surface area contributed by atoms with Gasteiger partial charge in [0, 0.05) is 38.2 Å². The van der Waals surface area contributed by atoms with Crippen LogP contribution >= 0.6 is 11.8 Å². The van der Waals surface area contributed by atoms with E-state index in [4.69, 9.17) is 28.4 Å². The number of carbonyl (C=O) groups excluding carboxylic acids is 4. The number of thioether (sulfide) groups is 1. The normalized spacial score (nSPS) is 26.9. The topological polar surface area (TPSA) is 124 Å². The van der Waals surface area contributed by atoms with E-state index < -0.39 is 60.0 Å². The molecule has 0 saturated carbocycles. The Morgan fingerprint density at radius 2 is 1.48 bits per heavy atom. The third kappa shape index (κ3) is 6.96. The van der Waals surface area contributed by atoms with Gasteiger partial charge in [0.1, 0.15) is 24.4 Å². The number of rotatable bonds is 8. The van der Waals surface area contributed by atoms with Crippen LogP contribution < -0.4 is 0 Å². The van der Waals surface area contributed by atoms with Gasteiger partial charge in [-0.05, 0) is 42.2 Å². The van der Waals surface area contributed by atoms with E-state index in [2.05, 4.69) is 31.2 Å². The lowest BCUT2D eigenvalue weighted by Crippen LogP contribution is -2.59. The Hall–Kier alpha value is -3.41. The van der Waals surface area contributed by atoms with Crippen molar-refractivity contribution in [2.45, 2.75) is 89.0 Å². The first kappa shape index (κ1) is 31.5. The van der Waals surface area contributed by atoms with Crippen LogP contribution in [0.4, 0.5) is 0 Å². The van der Waals surface area contributed by atoms with Crippen LogP contribution in [0.15, 0.2) is 47.4 Å². The summed E-state index contributed by atoms with van der Waals surface area (Å²) in [6.07, 6.45) is -4.75.